The van der Waals surface area contributed by atoms with E-state index in [1.807, 2.05) is 32.0 Å². The van der Waals surface area contributed by atoms with Crippen LogP contribution < -0.4 is 0 Å². The minimum absolute atomic E-state index is 0.105. The smallest absolute Gasteiger partial charge is 0.410 e. The van der Waals surface area contributed by atoms with Crippen molar-refractivity contribution in [2.24, 2.45) is 23.7 Å². The number of esters is 1. The van der Waals surface area contributed by atoms with Crippen LogP contribution in [0.3, 0.4) is 0 Å². The number of carbonyl (C=O) groups excluding carboxylic acids is 4. The van der Waals surface area contributed by atoms with Gasteiger partial charge < -0.3 is 38.6 Å². The molecular weight excluding hydrogens is 738 g/mol. The number of pyridine rings is 1. The van der Waals surface area contributed by atoms with Crippen LogP contribution in [0.4, 0.5) is 4.79 Å². The van der Waals surface area contributed by atoms with Crippen molar-refractivity contribution in [3.63, 3.8) is 0 Å². The van der Waals surface area contributed by atoms with Gasteiger partial charge in [-0.2, -0.15) is 0 Å². The molecule has 13 atom stereocenters. The quantitative estimate of drug-likeness (QED) is 0.271. The molecule has 1 N–H and O–H groups in total. The first-order chi connectivity index (χ1) is 26.9. The minimum Gasteiger partial charge on any atom is -0.458 e. The summed E-state index contributed by atoms with van der Waals surface area (Å²) in [6, 6.07) is 4.28. The molecule has 17 heteroatoms. The van der Waals surface area contributed by atoms with E-state index in [-0.39, 0.29) is 37.3 Å². The van der Waals surface area contributed by atoms with Crippen LogP contribution in [-0.4, -0.2) is 145 Å². The Labute approximate surface area is 335 Å². The molecule has 2 aromatic rings. The summed E-state index contributed by atoms with van der Waals surface area (Å²) in [6.07, 6.45) is -2.22. The number of tetrazole rings is 1. The molecule has 3 fully saturated rings. The van der Waals surface area contributed by atoms with Crippen LogP contribution in [0.5, 0.6) is 0 Å². The van der Waals surface area contributed by atoms with Crippen molar-refractivity contribution in [3.05, 3.63) is 24.4 Å². The SMILES string of the molecule is CC[C@H]1OC(=O)[C@H](C)C(=O)[C@H](C)[C@@H](O[C@@H]2O[C@H](C)C[C@H](N(C)C)[C@H]2O)[C@](C)(OC)C[C@@H](C)C(=O)[C@H](C)[C@H]2N(CCCn3nnnc3-c3ccccn3)C(=O)O[C@]12C. The molecule has 2 aromatic heterocycles. The molecule has 0 unspecified atom stereocenters. The van der Waals surface area contributed by atoms with Crippen LogP contribution in [0.15, 0.2) is 24.4 Å². The van der Waals surface area contributed by atoms with Crippen molar-refractivity contribution >= 4 is 23.6 Å². The minimum atomic E-state index is -1.45. The summed E-state index contributed by atoms with van der Waals surface area (Å²) in [4.78, 5) is 64.6. The van der Waals surface area contributed by atoms with E-state index >= 15 is 0 Å². The fourth-order valence-corrected chi connectivity index (χ4v) is 9.13. The number of aliphatic hydroxyl groups is 1. The Kier molecular flexibility index (Phi) is 13.9. The predicted octanol–water partition coefficient (Wildman–Crippen LogP) is 3.33. The van der Waals surface area contributed by atoms with Crippen molar-refractivity contribution in [2.75, 3.05) is 27.7 Å². The maximum Gasteiger partial charge on any atom is 0.410 e. The Bertz CT molecular complexity index is 1730. The van der Waals surface area contributed by atoms with E-state index in [1.165, 1.54) is 18.9 Å². The number of fused-ring (bicyclic) bond motifs is 1. The number of aromatic nitrogens is 5. The van der Waals surface area contributed by atoms with Gasteiger partial charge in [-0.25, -0.2) is 9.48 Å². The first-order valence-corrected chi connectivity index (χ1v) is 20.0. The summed E-state index contributed by atoms with van der Waals surface area (Å²) in [5, 5.41) is 23.5. The maximum atomic E-state index is 14.7. The second-order valence-electron chi connectivity index (χ2n) is 16.7. The van der Waals surface area contributed by atoms with Gasteiger partial charge in [0.05, 0.1) is 23.9 Å². The molecule has 0 saturated carbocycles. The Balaban J connectivity index is 1.49. The molecular formula is C40H61N7O10. The zero-order chi connectivity index (χ0) is 42.0. The molecule has 57 heavy (non-hydrogen) atoms. The number of hydrogen-bond acceptors (Lipinski definition) is 15. The predicted molar refractivity (Wildman–Crippen MR) is 205 cm³/mol. The third-order valence-corrected chi connectivity index (χ3v) is 12.4. The number of rotatable bonds is 10. The molecule has 5 heterocycles. The molecule has 5 rings (SSSR count). The monoisotopic (exact) mass is 799 g/mol. The average Bonchev–Trinajstić information content (AvgIpc) is 3.76. The van der Waals surface area contributed by atoms with Crippen molar-refractivity contribution < 1.29 is 48.0 Å². The summed E-state index contributed by atoms with van der Waals surface area (Å²) in [6.45, 7) is 14.3. The largest absolute Gasteiger partial charge is 0.458 e. The number of nitrogens with zero attached hydrogens (tertiary/aromatic N) is 7. The Hall–Kier alpha value is -3.90. The van der Waals surface area contributed by atoms with Crippen LogP contribution in [-0.2, 0) is 44.6 Å². The number of likely N-dealkylation sites (N-methyl/N-ethyl adjacent to an activating group) is 1. The summed E-state index contributed by atoms with van der Waals surface area (Å²) in [5.74, 6) is -4.67. The van der Waals surface area contributed by atoms with Crippen molar-refractivity contribution in [2.45, 2.75) is 142 Å². The van der Waals surface area contributed by atoms with E-state index in [9.17, 15) is 24.3 Å². The molecule has 0 radical (unpaired) electrons. The summed E-state index contributed by atoms with van der Waals surface area (Å²) < 4.78 is 32.7. The van der Waals surface area contributed by atoms with E-state index < -0.39 is 83.4 Å². The number of ether oxygens (including phenoxy) is 5. The molecule has 3 aliphatic heterocycles. The number of aliphatic hydroxyl groups excluding tert-OH is 1. The van der Waals surface area contributed by atoms with Gasteiger partial charge in [0, 0.05) is 50.2 Å². The fourth-order valence-electron chi connectivity index (χ4n) is 9.13. The highest BCUT2D eigenvalue weighted by molar-refractivity contribution is 6.00. The third-order valence-electron chi connectivity index (χ3n) is 12.4. The standard InChI is InChI=1S/C40H61N7O10/c1-12-29-40(8)33(46(38(52)57-40)18-15-19-47-35(42-43-44-47)27-16-13-14-17-41-27)24(4)30(48)22(2)21-39(7,53-11)34(25(5)31(49)26(6)36(51)55-29)56-37-32(50)28(45(9)10)20-23(3)54-37/h13-14,16-17,22-26,28-29,32-34,37,50H,12,15,18-21H2,1-11H3/t22-,23-,24+,25+,26-,28+,29-,32-,33-,34-,37+,39-,40-/m1/s1. The molecule has 1 amide bonds. The molecule has 17 nitrogen and oxygen atoms in total. The molecule has 0 bridgehead atoms. The topological polar surface area (TPSA) is 198 Å². The van der Waals surface area contributed by atoms with E-state index in [0.29, 0.717) is 30.9 Å². The zero-order valence-electron chi connectivity index (χ0n) is 35.2. The Morgan fingerprint density at radius 3 is 2.37 bits per heavy atom. The van der Waals surface area contributed by atoms with Gasteiger partial charge in [0.1, 0.15) is 29.6 Å². The Morgan fingerprint density at radius 2 is 1.74 bits per heavy atom. The zero-order valence-corrected chi connectivity index (χ0v) is 35.2. The van der Waals surface area contributed by atoms with Gasteiger partial charge in [0.2, 0.25) is 5.82 Å². The Morgan fingerprint density at radius 1 is 1.02 bits per heavy atom. The molecule has 316 valence electrons. The number of amides is 1. The van der Waals surface area contributed by atoms with E-state index in [1.54, 1.807) is 64.6 Å². The molecule has 0 aromatic carbocycles. The third kappa shape index (κ3) is 8.92. The van der Waals surface area contributed by atoms with Gasteiger partial charge >= 0.3 is 12.1 Å². The van der Waals surface area contributed by atoms with Crippen LogP contribution in [0.25, 0.3) is 11.5 Å². The lowest BCUT2D eigenvalue weighted by Crippen LogP contribution is -2.60. The van der Waals surface area contributed by atoms with Crippen LogP contribution in [0, 0.1) is 23.7 Å². The highest BCUT2D eigenvalue weighted by Crippen LogP contribution is 2.43. The van der Waals surface area contributed by atoms with Crippen LogP contribution >= 0.6 is 0 Å². The highest BCUT2D eigenvalue weighted by atomic mass is 16.7. The molecule has 3 aliphatic rings. The van der Waals surface area contributed by atoms with E-state index in [0.717, 1.165) is 0 Å². The summed E-state index contributed by atoms with van der Waals surface area (Å²) in [7, 11) is 5.21. The van der Waals surface area contributed by atoms with Gasteiger partial charge in [0.25, 0.3) is 0 Å². The number of Topliss-reactive ketones (excluding diaryl/α,β-unsaturated/α-hetero) is 2. The first-order valence-electron chi connectivity index (χ1n) is 20.0. The summed E-state index contributed by atoms with van der Waals surface area (Å²) >= 11 is 0. The number of aryl methyl sites for hydroxylation is 1. The normalized spacial score (nSPS) is 37.1. The number of cyclic esters (lactones) is 1. The molecule has 0 spiro atoms. The van der Waals surface area contributed by atoms with Crippen molar-refractivity contribution in [3.8, 4) is 11.5 Å². The number of hydrogen-bond donors (Lipinski definition) is 1. The lowest BCUT2D eigenvalue weighted by molar-refractivity contribution is -0.295. The van der Waals surface area contributed by atoms with Crippen molar-refractivity contribution in [1.29, 1.82) is 0 Å². The maximum absolute atomic E-state index is 14.7. The highest BCUT2D eigenvalue weighted by Gasteiger charge is 2.60. The van der Waals surface area contributed by atoms with Gasteiger partial charge in [-0.05, 0) is 90.0 Å². The number of methoxy groups -OCH3 is 1. The second-order valence-corrected chi connectivity index (χ2v) is 16.7. The van der Waals surface area contributed by atoms with Gasteiger partial charge in [-0.1, -0.05) is 33.8 Å². The van der Waals surface area contributed by atoms with Gasteiger partial charge in [-0.3, -0.25) is 19.4 Å². The van der Waals surface area contributed by atoms with Crippen molar-refractivity contribution in [1.82, 2.24) is 35.0 Å². The first kappa shape index (κ1) is 44.2. The lowest BCUT2D eigenvalue weighted by Gasteiger charge is -2.47. The van der Waals surface area contributed by atoms with Crippen LogP contribution in [0.2, 0.25) is 0 Å². The molecule has 0 aliphatic carbocycles. The number of carbonyl (C=O) groups is 4. The number of ketones is 2. The second kappa shape index (κ2) is 17.9. The van der Waals surface area contributed by atoms with E-state index in [4.69, 9.17) is 23.7 Å². The average molecular weight is 800 g/mol. The van der Waals surface area contributed by atoms with Crippen LogP contribution in [0.1, 0.15) is 81.1 Å². The van der Waals surface area contributed by atoms with Gasteiger partial charge in [-0.15, -0.1) is 5.10 Å². The van der Waals surface area contributed by atoms with Gasteiger partial charge in [0.15, 0.2) is 17.7 Å². The lowest BCUT2D eigenvalue weighted by atomic mass is 9.73. The molecule has 3 saturated heterocycles. The van der Waals surface area contributed by atoms with E-state index in [2.05, 4.69) is 20.5 Å². The summed E-state index contributed by atoms with van der Waals surface area (Å²) in [5.41, 5.74) is -2.15. The fraction of sp³-hybridized carbons (Fsp3) is 0.750.